The van der Waals surface area contributed by atoms with Crippen LogP contribution in [0.15, 0.2) is 53.4 Å². The Labute approximate surface area is 120 Å². The van der Waals surface area contributed by atoms with Crippen LogP contribution in [0, 0.1) is 0 Å². The quantitative estimate of drug-likeness (QED) is 0.778. The van der Waals surface area contributed by atoms with Crippen molar-refractivity contribution in [3.63, 3.8) is 0 Å². The van der Waals surface area contributed by atoms with E-state index in [1.54, 1.807) is 48.9 Å². The third kappa shape index (κ3) is 3.08. The number of pyridine rings is 2. The molecule has 104 valence electrons. The summed E-state index contributed by atoms with van der Waals surface area (Å²) in [7, 11) is 0. The van der Waals surface area contributed by atoms with E-state index in [0.29, 0.717) is 17.4 Å². The van der Waals surface area contributed by atoms with Crippen molar-refractivity contribution in [3.8, 4) is 11.4 Å². The summed E-state index contributed by atoms with van der Waals surface area (Å²) in [5.74, 6) is 0.491. The second kappa shape index (κ2) is 5.91. The molecule has 0 atom stereocenters. The van der Waals surface area contributed by atoms with Gasteiger partial charge in [-0.3, -0.25) is 14.8 Å². The fourth-order valence-corrected chi connectivity index (χ4v) is 1.69. The highest BCUT2D eigenvalue weighted by Gasteiger charge is 2.11. The summed E-state index contributed by atoms with van der Waals surface area (Å²) in [6.07, 6.45) is 4.85. The molecule has 3 heterocycles. The number of amides is 1. The fraction of sp³-hybridized carbons (Fsp3) is 0.0714. The standard InChI is InChI=1S/C14H11N5O2/c20-14(11-3-1-2-6-16-11)17-9-12-18-13(19-21-12)10-4-7-15-8-5-10/h1-8H,9H2,(H,17,20). The van der Waals surface area contributed by atoms with E-state index in [4.69, 9.17) is 4.52 Å². The third-order valence-corrected chi connectivity index (χ3v) is 2.70. The van der Waals surface area contributed by atoms with E-state index in [1.165, 1.54) is 0 Å². The van der Waals surface area contributed by atoms with Crippen LogP contribution in [0.1, 0.15) is 16.4 Å². The van der Waals surface area contributed by atoms with Crippen LogP contribution >= 0.6 is 0 Å². The van der Waals surface area contributed by atoms with Crippen LogP contribution in [0.4, 0.5) is 0 Å². The van der Waals surface area contributed by atoms with Gasteiger partial charge in [-0.1, -0.05) is 11.2 Å². The number of aromatic nitrogens is 4. The number of hydrogen-bond acceptors (Lipinski definition) is 6. The molecule has 0 bridgehead atoms. The summed E-state index contributed by atoms with van der Waals surface area (Å²) < 4.78 is 5.09. The minimum Gasteiger partial charge on any atom is -0.342 e. The van der Waals surface area contributed by atoms with Crippen LogP contribution in [0.5, 0.6) is 0 Å². The van der Waals surface area contributed by atoms with E-state index in [2.05, 4.69) is 25.4 Å². The molecule has 0 aliphatic carbocycles. The lowest BCUT2D eigenvalue weighted by Gasteiger charge is -2.00. The van der Waals surface area contributed by atoms with Crippen LogP contribution in [0.25, 0.3) is 11.4 Å². The highest BCUT2D eigenvalue weighted by molar-refractivity contribution is 5.92. The van der Waals surface area contributed by atoms with Crippen LogP contribution in [-0.4, -0.2) is 26.0 Å². The van der Waals surface area contributed by atoms with Gasteiger partial charge >= 0.3 is 0 Å². The molecule has 0 radical (unpaired) electrons. The van der Waals surface area contributed by atoms with Crippen molar-refractivity contribution >= 4 is 5.91 Å². The maximum absolute atomic E-state index is 11.8. The molecule has 7 heteroatoms. The maximum Gasteiger partial charge on any atom is 0.270 e. The van der Waals surface area contributed by atoms with Gasteiger partial charge in [0, 0.05) is 24.2 Å². The molecule has 21 heavy (non-hydrogen) atoms. The lowest BCUT2D eigenvalue weighted by molar-refractivity contribution is 0.0941. The molecule has 0 saturated heterocycles. The smallest absolute Gasteiger partial charge is 0.270 e. The number of hydrogen-bond donors (Lipinski definition) is 1. The minimum atomic E-state index is -0.292. The second-order valence-electron chi connectivity index (χ2n) is 4.15. The average molecular weight is 281 g/mol. The van der Waals surface area contributed by atoms with Crippen LogP contribution in [0.3, 0.4) is 0 Å². The first-order valence-electron chi connectivity index (χ1n) is 6.25. The Morgan fingerprint density at radius 1 is 1.14 bits per heavy atom. The van der Waals surface area contributed by atoms with Crippen LogP contribution in [-0.2, 0) is 6.54 Å². The van der Waals surface area contributed by atoms with Crippen molar-refractivity contribution in [2.45, 2.75) is 6.54 Å². The fourth-order valence-electron chi connectivity index (χ4n) is 1.69. The topological polar surface area (TPSA) is 93.8 Å². The third-order valence-electron chi connectivity index (χ3n) is 2.70. The number of rotatable bonds is 4. The minimum absolute atomic E-state index is 0.146. The van der Waals surface area contributed by atoms with Gasteiger partial charge in [0.1, 0.15) is 5.69 Å². The molecule has 3 aromatic rings. The zero-order chi connectivity index (χ0) is 14.5. The van der Waals surface area contributed by atoms with E-state index in [0.717, 1.165) is 5.56 Å². The zero-order valence-electron chi connectivity index (χ0n) is 10.9. The van der Waals surface area contributed by atoms with E-state index in [9.17, 15) is 4.79 Å². The molecule has 3 aromatic heterocycles. The molecule has 0 aliphatic heterocycles. The van der Waals surface area contributed by atoms with Crippen molar-refractivity contribution in [3.05, 3.63) is 60.5 Å². The molecule has 1 amide bonds. The normalized spacial score (nSPS) is 10.3. The summed E-state index contributed by atoms with van der Waals surface area (Å²) in [5, 5.41) is 6.53. The Hall–Kier alpha value is -3.09. The molecular weight excluding hydrogens is 270 g/mol. The Kier molecular flexibility index (Phi) is 3.64. The van der Waals surface area contributed by atoms with Crippen LogP contribution < -0.4 is 5.32 Å². The summed E-state index contributed by atoms with van der Waals surface area (Å²) in [4.78, 5) is 23.9. The molecular formula is C14H11N5O2. The number of carbonyl (C=O) groups excluding carboxylic acids is 1. The first-order valence-corrected chi connectivity index (χ1v) is 6.25. The number of carbonyl (C=O) groups is 1. The number of nitrogens with one attached hydrogen (secondary N) is 1. The molecule has 0 fully saturated rings. The van der Waals surface area contributed by atoms with Crippen molar-refractivity contribution in [1.82, 2.24) is 25.4 Å². The van der Waals surface area contributed by atoms with Gasteiger partial charge in [-0.05, 0) is 24.3 Å². The summed E-state index contributed by atoms with van der Waals surface area (Å²) in [6, 6.07) is 8.68. The van der Waals surface area contributed by atoms with Crippen molar-refractivity contribution in [2.24, 2.45) is 0 Å². The molecule has 3 rings (SSSR count). The van der Waals surface area contributed by atoms with Gasteiger partial charge < -0.3 is 9.84 Å². The van der Waals surface area contributed by atoms with Gasteiger partial charge in [0.05, 0.1) is 6.54 Å². The van der Waals surface area contributed by atoms with Crippen molar-refractivity contribution in [2.75, 3.05) is 0 Å². The molecule has 0 aromatic carbocycles. The first kappa shape index (κ1) is 12.9. The molecule has 0 saturated carbocycles. The predicted octanol–water partition coefficient (Wildman–Crippen LogP) is 1.46. The Morgan fingerprint density at radius 3 is 2.76 bits per heavy atom. The molecule has 1 N–H and O–H groups in total. The average Bonchev–Trinajstić information content (AvgIpc) is 3.03. The molecule has 7 nitrogen and oxygen atoms in total. The molecule has 0 unspecified atom stereocenters. The molecule has 0 aliphatic rings. The Morgan fingerprint density at radius 2 is 2.00 bits per heavy atom. The Balaban J connectivity index is 1.64. The highest BCUT2D eigenvalue weighted by atomic mass is 16.5. The largest absolute Gasteiger partial charge is 0.342 e. The van der Waals surface area contributed by atoms with Gasteiger partial charge in [0.15, 0.2) is 0 Å². The summed E-state index contributed by atoms with van der Waals surface area (Å²) in [5.41, 5.74) is 1.14. The van der Waals surface area contributed by atoms with Gasteiger partial charge in [0.2, 0.25) is 11.7 Å². The molecule has 0 spiro atoms. The SMILES string of the molecule is O=C(NCc1nc(-c2ccncc2)no1)c1ccccn1. The number of nitrogens with zero attached hydrogens (tertiary/aromatic N) is 4. The van der Waals surface area contributed by atoms with E-state index >= 15 is 0 Å². The zero-order valence-corrected chi connectivity index (χ0v) is 10.9. The van der Waals surface area contributed by atoms with Gasteiger partial charge in [-0.15, -0.1) is 0 Å². The monoisotopic (exact) mass is 281 g/mol. The lowest BCUT2D eigenvalue weighted by atomic mass is 10.2. The maximum atomic E-state index is 11.8. The summed E-state index contributed by atoms with van der Waals surface area (Å²) in [6.45, 7) is 0.146. The first-order chi connectivity index (χ1) is 10.3. The van der Waals surface area contributed by atoms with Crippen LogP contribution in [0.2, 0.25) is 0 Å². The van der Waals surface area contributed by atoms with E-state index in [-0.39, 0.29) is 12.5 Å². The van der Waals surface area contributed by atoms with Gasteiger partial charge in [-0.25, -0.2) is 0 Å². The van der Waals surface area contributed by atoms with Gasteiger partial charge in [-0.2, -0.15) is 4.98 Å². The predicted molar refractivity (Wildman–Crippen MR) is 72.9 cm³/mol. The van der Waals surface area contributed by atoms with Gasteiger partial charge in [0.25, 0.3) is 5.91 Å². The lowest BCUT2D eigenvalue weighted by Crippen LogP contribution is -2.23. The van der Waals surface area contributed by atoms with Crippen molar-refractivity contribution in [1.29, 1.82) is 0 Å². The van der Waals surface area contributed by atoms with E-state index in [1.807, 2.05) is 0 Å². The second-order valence-corrected chi connectivity index (χ2v) is 4.15. The summed E-state index contributed by atoms with van der Waals surface area (Å²) >= 11 is 0. The highest BCUT2D eigenvalue weighted by Crippen LogP contribution is 2.13. The van der Waals surface area contributed by atoms with Crippen molar-refractivity contribution < 1.29 is 9.32 Å². The van der Waals surface area contributed by atoms with E-state index < -0.39 is 0 Å². The Bertz CT molecular complexity index is 727.